The predicted octanol–water partition coefficient (Wildman–Crippen LogP) is -22.8. The summed E-state index contributed by atoms with van der Waals surface area (Å²) in [6.45, 7) is -2.65. The Bertz CT molecular complexity index is 1940. The Morgan fingerprint density at radius 3 is 1.28 bits per heavy atom. The molecular weight excluding hydrogens is 1150 g/mol. The summed E-state index contributed by atoms with van der Waals surface area (Å²) in [5.41, 5.74) is 0. The SMILES string of the molecule is C[C@H]1C(C(O)[C@H](O)CO)O[C@@](OCC2O[C@@H](O[C@@H]3C(CO)OC(O)C(O)[C@H]3O)C(O)[C@@H](O)[C@H]2O)(C(=O)[O-])C[C@H]1O.C[C@H]1C([C@H](O)[C@H](O)CO)O[C@@](O[C@@H]2C(O)[C@H](O[C@@H]3C(CO)OC(O)C(O)[C@H]3O)OC(CO)[C@@H]2O)(C(=O)[O-])C[C@H]1O.[Na+].[Na+]. The number of carboxylic acids is 2. The van der Waals surface area contributed by atoms with E-state index >= 15 is 0 Å². The van der Waals surface area contributed by atoms with E-state index in [2.05, 4.69) is 0 Å². The number of rotatable bonds is 20. The number of carbonyl (C=O) groups excluding carboxylic acids is 2. The van der Waals surface area contributed by atoms with Crippen molar-refractivity contribution in [3.63, 3.8) is 0 Å². The molecule has 82 heavy (non-hydrogen) atoms. The van der Waals surface area contributed by atoms with Gasteiger partial charge in [-0.25, -0.2) is 0 Å². The van der Waals surface area contributed by atoms with Gasteiger partial charge in [0.15, 0.2) is 25.2 Å². The first-order valence-corrected chi connectivity index (χ1v) is 25.1. The Balaban J connectivity index is 0.000000420. The topological polar surface area (TPSA) is 618 Å². The van der Waals surface area contributed by atoms with Crippen LogP contribution in [0, 0.1) is 11.8 Å². The van der Waals surface area contributed by atoms with Gasteiger partial charge in [-0.05, 0) is 0 Å². The van der Waals surface area contributed by atoms with Gasteiger partial charge in [-0.3, -0.25) is 0 Å². The minimum Gasteiger partial charge on any atom is -0.544 e. The molecule has 6 heterocycles. The van der Waals surface area contributed by atoms with Gasteiger partial charge in [0.2, 0.25) is 11.6 Å². The Kier molecular flexibility index (Phi) is 30.0. The summed E-state index contributed by atoms with van der Waals surface area (Å²) in [6.07, 6.45) is -52.0. The molecule has 13 unspecified atom stereocenters. The summed E-state index contributed by atoms with van der Waals surface area (Å²) in [6, 6.07) is 0. The van der Waals surface area contributed by atoms with Crippen molar-refractivity contribution < 1.29 is 239 Å². The monoisotopic (exact) mass is 1220 g/mol. The van der Waals surface area contributed by atoms with Crippen molar-refractivity contribution in [2.45, 2.75) is 210 Å². The van der Waals surface area contributed by atoms with Crippen LogP contribution in [0.2, 0.25) is 0 Å². The zero-order chi connectivity index (χ0) is 60.2. The third kappa shape index (κ3) is 16.5. The number of ether oxygens (including phenoxy) is 10. The number of carboxylic acid groups (broad SMARTS) is 2. The number of aliphatic hydroxyl groups excluding tert-OH is 22. The normalized spacial score (nSPS) is 46.8. The van der Waals surface area contributed by atoms with E-state index < -0.39 is 259 Å². The van der Waals surface area contributed by atoms with Gasteiger partial charge in [-0.1, -0.05) is 13.8 Å². The fourth-order valence-electron chi connectivity index (χ4n) is 9.75. The van der Waals surface area contributed by atoms with Gasteiger partial charge in [-0.15, -0.1) is 0 Å². The summed E-state index contributed by atoms with van der Waals surface area (Å²) in [4.78, 5) is 24.4. The summed E-state index contributed by atoms with van der Waals surface area (Å²) in [7, 11) is 0. The molecule has 0 bridgehead atoms. The third-order valence-electron chi connectivity index (χ3n) is 14.9. The maximum absolute atomic E-state index is 12.3. The van der Waals surface area contributed by atoms with Crippen LogP contribution in [-0.4, -0.2) is 347 Å². The van der Waals surface area contributed by atoms with Crippen LogP contribution >= 0.6 is 0 Å². The first kappa shape index (κ1) is 75.9. The molecule has 6 rings (SSSR count). The molecule has 0 saturated carbocycles. The van der Waals surface area contributed by atoms with Crippen LogP contribution in [0.25, 0.3) is 0 Å². The van der Waals surface area contributed by atoms with Crippen molar-refractivity contribution in [3.8, 4) is 0 Å². The van der Waals surface area contributed by atoms with Crippen LogP contribution in [0.1, 0.15) is 26.7 Å². The molecule has 0 aromatic carbocycles. The minimum atomic E-state index is -2.97. The minimum absolute atomic E-state index is 0. The van der Waals surface area contributed by atoms with Gasteiger partial charge in [0.25, 0.3) is 0 Å². The van der Waals surface area contributed by atoms with E-state index in [9.17, 15) is 127 Å². The molecule has 36 nitrogen and oxygen atoms in total. The number of carbonyl (C=O) groups is 2. The molecule has 0 radical (unpaired) electrons. The fourth-order valence-corrected chi connectivity index (χ4v) is 9.75. The van der Waals surface area contributed by atoms with Crippen LogP contribution in [0.3, 0.4) is 0 Å². The van der Waals surface area contributed by atoms with Gasteiger partial charge >= 0.3 is 59.1 Å². The van der Waals surface area contributed by atoms with Crippen LogP contribution in [0.15, 0.2) is 0 Å². The second-order valence-corrected chi connectivity index (χ2v) is 20.3. The van der Waals surface area contributed by atoms with Gasteiger partial charge in [0, 0.05) is 24.7 Å². The molecule has 6 aliphatic rings. The Morgan fingerprint density at radius 1 is 0.488 bits per heavy atom. The maximum atomic E-state index is 12.3. The molecule has 6 fully saturated rings. The average molecular weight is 1230 g/mol. The third-order valence-corrected chi connectivity index (χ3v) is 14.9. The first-order valence-electron chi connectivity index (χ1n) is 25.1. The molecule has 32 atom stereocenters. The van der Waals surface area contributed by atoms with Crippen molar-refractivity contribution >= 4 is 11.9 Å². The van der Waals surface area contributed by atoms with Gasteiger partial charge in [-0.2, -0.15) is 0 Å². The van der Waals surface area contributed by atoms with Crippen LogP contribution in [0.5, 0.6) is 0 Å². The molecule has 6 saturated heterocycles. The standard InChI is InChI=1S/2C22H38O18.2Na/c1-6-7(25)2-22(21(34)35,40-17(6)11(27)8(26)3-23)36-5-10-12(28)13(29)16(32)20(38-10)39-18-9(4-24)37-19(33)15(31)14(18)30;1-6-7(26)2-22(21(34)35,39-16(6)11(28)8(27)3-23)40-18-12(29)9(4-24)37-20(15(18)32)38-17-10(5-25)36-19(33)14(31)13(17)30;;/h2*6-20,23-33H,2-5H2,1H3,(H,34,35);;/q;;2*+1/p-2/t6-,7-,8-,9?,10?,11?,12+,13+,14-,15?,16?,17?,18-,19?,20+,22-;6-,7-,8-,9?,10?,11-,12+,13-,14?,15?,16?,17-,18+,19?,20+,22+;;/m11../s1. The van der Waals surface area contributed by atoms with Crippen LogP contribution in [-0.2, 0) is 57.0 Å². The molecule has 468 valence electrons. The van der Waals surface area contributed by atoms with Crippen molar-refractivity contribution in [1.29, 1.82) is 0 Å². The van der Waals surface area contributed by atoms with Crippen molar-refractivity contribution in [2.75, 3.05) is 39.6 Å². The molecule has 0 spiro atoms. The van der Waals surface area contributed by atoms with E-state index in [0.29, 0.717) is 0 Å². The molecule has 38 heteroatoms. The van der Waals surface area contributed by atoms with Crippen molar-refractivity contribution in [3.05, 3.63) is 0 Å². The average Bonchev–Trinajstić information content (AvgIpc) is 3.44. The van der Waals surface area contributed by atoms with Crippen LogP contribution < -0.4 is 69.3 Å². The fraction of sp³-hybridized carbons (Fsp3) is 0.955. The molecule has 6 aliphatic heterocycles. The van der Waals surface area contributed by atoms with E-state index in [1.54, 1.807) is 0 Å². The van der Waals surface area contributed by atoms with Crippen molar-refractivity contribution in [1.82, 2.24) is 0 Å². The van der Waals surface area contributed by atoms with Crippen molar-refractivity contribution in [2.24, 2.45) is 11.8 Å². The Labute approximate surface area is 509 Å². The molecule has 0 aromatic rings. The van der Waals surface area contributed by atoms with Gasteiger partial charge < -0.3 is 180 Å². The molecular formula is C44H74Na2O36. The number of aliphatic carboxylic acids is 2. The van der Waals surface area contributed by atoms with E-state index in [-0.39, 0.29) is 59.1 Å². The Morgan fingerprint density at radius 2 is 0.878 bits per heavy atom. The summed E-state index contributed by atoms with van der Waals surface area (Å²) >= 11 is 0. The quantitative estimate of drug-likeness (QED) is 0.0503. The molecule has 0 aromatic heterocycles. The van der Waals surface area contributed by atoms with E-state index in [1.165, 1.54) is 13.8 Å². The zero-order valence-corrected chi connectivity index (χ0v) is 48.5. The summed E-state index contributed by atoms with van der Waals surface area (Å²) in [5.74, 6) is -11.8. The summed E-state index contributed by atoms with van der Waals surface area (Å²) < 4.78 is 53.3. The molecule has 0 amide bonds. The smallest absolute Gasteiger partial charge is 0.544 e. The second kappa shape index (κ2) is 32.4. The predicted molar refractivity (Wildman–Crippen MR) is 238 cm³/mol. The zero-order valence-electron chi connectivity index (χ0n) is 44.5. The van der Waals surface area contributed by atoms with Gasteiger partial charge in [0.05, 0.1) is 64.1 Å². The maximum Gasteiger partial charge on any atom is 1.00 e. The van der Waals surface area contributed by atoms with Gasteiger partial charge in [0.1, 0.15) is 134 Å². The summed E-state index contributed by atoms with van der Waals surface area (Å²) in [5, 5.41) is 246. The van der Waals surface area contributed by atoms with E-state index in [4.69, 9.17) is 52.5 Å². The first-order chi connectivity index (χ1) is 37.4. The largest absolute Gasteiger partial charge is 1.00 e. The number of aliphatic hydroxyl groups is 22. The molecule has 0 aliphatic carbocycles. The number of hydrogen-bond acceptors (Lipinski definition) is 36. The molecule has 22 N–H and O–H groups in total. The van der Waals surface area contributed by atoms with E-state index in [0.717, 1.165) is 0 Å². The number of hydrogen-bond donors (Lipinski definition) is 22. The Hall–Kier alpha value is -0.340. The van der Waals surface area contributed by atoms with E-state index in [1.807, 2.05) is 0 Å². The van der Waals surface area contributed by atoms with Crippen LogP contribution in [0.4, 0.5) is 0 Å². The second-order valence-electron chi connectivity index (χ2n) is 20.3.